The van der Waals surface area contributed by atoms with Gasteiger partial charge in [-0.25, -0.2) is 4.90 Å². The third kappa shape index (κ3) is 3.49. The number of anilines is 1. The average molecular weight is 622 g/mol. The van der Waals surface area contributed by atoms with Gasteiger partial charge in [0.05, 0.1) is 35.5 Å². The first-order chi connectivity index (χ1) is 22.5. The van der Waals surface area contributed by atoms with Crippen molar-refractivity contribution in [2.45, 2.75) is 10.8 Å². The van der Waals surface area contributed by atoms with Crippen molar-refractivity contribution in [1.29, 1.82) is 0 Å². The first kappa shape index (κ1) is 28.2. The van der Waals surface area contributed by atoms with Crippen molar-refractivity contribution in [2.75, 3.05) is 12.0 Å². The Bertz CT molecular complexity index is 1940. The summed E-state index contributed by atoms with van der Waals surface area (Å²) in [6.07, 6.45) is 0. The molecule has 46 heavy (non-hydrogen) atoms. The third-order valence-corrected chi connectivity index (χ3v) is 10.2. The van der Waals surface area contributed by atoms with E-state index >= 15 is 14.4 Å². The monoisotopic (exact) mass is 621 g/mol. The van der Waals surface area contributed by atoms with Crippen molar-refractivity contribution in [1.82, 2.24) is 0 Å². The molecule has 1 heterocycles. The number of allylic oxidation sites excluding steroid dienone is 2. The molecule has 1 saturated carbocycles. The highest BCUT2D eigenvalue weighted by Gasteiger charge is 2.82. The summed E-state index contributed by atoms with van der Waals surface area (Å²) in [5.74, 6) is -2.78. The molecule has 0 unspecified atom stereocenters. The number of rotatable bonds is 6. The standard InChI is InChI=1S/C40H28ClNO4/c1-46-31-23-22-29(41)24-30(31)42-36(43)34-35(37(42)44)40(28-20-12-5-13-21-28)33(26-16-8-3-9-17-26)32(25-14-6-2-7-15-25)39(34,38(40)45)27-18-10-4-11-19-27/h2-24,34-35H,1H3/t34-,35+,39-,40-/m0/s1. The van der Waals surface area contributed by atoms with Crippen LogP contribution in [0.1, 0.15) is 22.3 Å². The van der Waals surface area contributed by atoms with Crippen LogP contribution in [0.4, 0.5) is 5.69 Å². The molecule has 4 atom stereocenters. The molecule has 2 bridgehead atoms. The van der Waals surface area contributed by atoms with Crippen molar-refractivity contribution in [3.63, 3.8) is 0 Å². The minimum absolute atomic E-state index is 0.162. The highest BCUT2D eigenvalue weighted by molar-refractivity contribution is 6.39. The normalized spacial score (nSPS) is 24.9. The molecule has 1 saturated heterocycles. The van der Waals surface area contributed by atoms with Crippen LogP contribution >= 0.6 is 11.6 Å². The Kier molecular flexibility index (Phi) is 6.38. The molecule has 5 aromatic carbocycles. The van der Waals surface area contributed by atoms with Gasteiger partial charge >= 0.3 is 0 Å². The topological polar surface area (TPSA) is 63.7 Å². The Morgan fingerprint density at radius 1 is 0.587 bits per heavy atom. The highest BCUT2D eigenvalue weighted by Crippen LogP contribution is 2.74. The van der Waals surface area contributed by atoms with E-state index in [1.54, 1.807) is 18.2 Å². The maximum atomic E-state index is 15.9. The molecule has 0 radical (unpaired) electrons. The average Bonchev–Trinajstić information content (AvgIpc) is 3.61. The zero-order valence-electron chi connectivity index (χ0n) is 24.9. The van der Waals surface area contributed by atoms with Crippen molar-refractivity contribution in [2.24, 2.45) is 11.8 Å². The number of benzene rings is 5. The fourth-order valence-corrected chi connectivity index (χ4v) is 8.58. The van der Waals surface area contributed by atoms with E-state index in [4.69, 9.17) is 16.3 Å². The number of hydrogen-bond donors (Lipinski definition) is 0. The summed E-state index contributed by atoms with van der Waals surface area (Å²) in [4.78, 5) is 47.3. The minimum Gasteiger partial charge on any atom is -0.495 e. The van der Waals surface area contributed by atoms with Gasteiger partial charge in [0, 0.05) is 5.02 Å². The molecule has 3 aliphatic rings. The lowest BCUT2D eigenvalue weighted by molar-refractivity contribution is -0.130. The SMILES string of the molecule is COc1ccc(Cl)cc1N1C(=O)[C@@H]2[C@H](C1=O)[C@@]1(c3ccccc3)C(=O)[C@@]2(c2ccccc2)C(c2ccccc2)=C1c1ccccc1. The summed E-state index contributed by atoms with van der Waals surface area (Å²) >= 11 is 6.45. The van der Waals surface area contributed by atoms with Crippen molar-refractivity contribution in [3.05, 3.63) is 167 Å². The second-order valence-electron chi connectivity index (χ2n) is 11.9. The summed E-state index contributed by atoms with van der Waals surface area (Å²) in [6.45, 7) is 0. The number of methoxy groups -OCH3 is 1. The Balaban J connectivity index is 1.55. The number of fused-ring (bicyclic) bond motifs is 5. The summed E-state index contributed by atoms with van der Waals surface area (Å²) < 4.78 is 5.64. The van der Waals surface area contributed by atoms with E-state index in [1.165, 1.54) is 12.0 Å². The van der Waals surface area contributed by atoms with Gasteiger partial charge in [-0.2, -0.15) is 0 Å². The first-order valence-corrected chi connectivity index (χ1v) is 15.6. The molecule has 0 aromatic heterocycles. The van der Waals surface area contributed by atoms with E-state index < -0.39 is 34.5 Å². The van der Waals surface area contributed by atoms with Crippen LogP contribution in [0.25, 0.3) is 11.1 Å². The number of Topliss-reactive ketones (excluding diaryl/α,β-unsaturated/α-hetero) is 1. The maximum absolute atomic E-state index is 15.9. The Labute approximate surface area is 271 Å². The molecule has 5 nitrogen and oxygen atoms in total. The minimum atomic E-state index is -1.47. The predicted octanol–water partition coefficient (Wildman–Crippen LogP) is 7.54. The number of ether oxygens (including phenoxy) is 1. The van der Waals surface area contributed by atoms with Crippen LogP contribution in [0.15, 0.2) is 140 Å². The fraction of sp³-hybridized carbons (Fsp3) is 0.125. The van der Waals surface area contributed by atoms with E-state index in [0.717, 1.165) is 22.3 Å². The van der Waals surface area contributed by atoms with E-state index in [9.17, 15) is 0 Å². The lowest BCUT2D eigenvalue weighted by Gasteiger charge is -2.39. The second-order valence-corrected chi connectivity index (χ2v) is 12.4. The van der Waals surface area contributed by atoms with Crippen molar-refractivity contribution < 1.29 is 19.1 Å². The number of imide groups is 1. The molecular formula is C40H28ClNO4. The zero-order valence-corrected chi connectivity index (χ0v) is 25.6. The van der Waals surface area contributed by atoms with E-state index in [0.29, 0.717) is 21.9 Å². The fourth-order valence-electron chi connectivity index (χ4n) is 8.41. The Hall–Kier alpha value is -5.26. The van der Waals surface area contributed by atoms with E-state index in [-0.39, 0.29) is 11.5 Å². The van der Waals surface area contributed by atoms with Gasteiger partial charge in [0.2, 0.25) is 11.8 Å². The number of carbonyl (C=O) groups is 3. The van der Waals surface area contributed by atoms with Gasteiger partial charge in [0.25, 0.3) is 0 Å². The van der Waals surface area contributed by atoms with Crippen LogP contribution in [-0.2, 0) is 25.2 Å². The number of ketones is 1. The zero-order chi connectivity index (χ0) is 31.6. The van der Waals surface area contributed by atoms with Gasteiger partial charge in [-0.15, -0.1) is 0 Å². The number of carbonyl (C=O) groups excluding carboxylic acids is 3. The maximum Gasteiger partial charge on any atom is 0.239 e. The number of nitrogens with zero attached hydrogens (tertiary/aromatic N) is 1. The van der Waals surface area contributed by atoms with Crippen LogP contribution in [-0.4, -0.2) is 24.7 Å². The molecule has 224 valence electrons. The molecule has 0 N–H and O–H groups in total. The van der Waals surface area contributed by atoms with Gasteiger partial charge in [-0.05, 0) is 51.6 Å². The molecule has 6 heteroatoms. The van der Waals surface area contributed by atoms with E-state index in [1.807, 2.05) is 121 Å². The first-order valence-electron chi connectivity index (χ1n) is 15.2. The quantitative estimate of drug-likeness (QED) is 0.184. The van der Waals surface area contributed by atoms with Crippen LogP contribution in [0, 0.1) is 11.8 Å². The number of amides is 2. The van der Waals surface area contributed by atoms with Crippen LogP contribution < -0.4 is 9.64 Å². The molecule has 2 fully saturated rings. The van der Waals surface area contributed by atoms with E-state index in [2.05, 4.69) is 0 Å². The van der Waals surface area contributed by atoms with Gasteiger partial charge in [0.15, 0.2) is 5.78 Å². The summed E-state index contributed by atoms with van der Waals surface area (Å²) in [6, 6.07) is 43.4. The number of halogens is 1. The predicted molar refractivity (Wildman–Crippen MR) is 178 cm³/mol. The smallest absolute Gasteiger partial charge is 0.239 e. The lowest BCUT2D eigenvalue weighted by atomic mass is 9.59. The van der Waals surface area contributed by atoms with Crippen molar-refractivity contribution >= 4 is 46.0 Å². The number of hydrogen-bond acceptors (Lipinski definition) is 4. The van der Waals surface area contributed by atoms with Gasteiger partial charge in [-0.3, -0.25) is 14.4 Å². The van der Waals surface area contributed by atoms with Crippen LogP contribution in [0.5, 0.6) is 5.75 Å². The summed E-state index contributed by atoms with van der Waals surface area (Å²) in [7, 11) is 1.49. The highest BCUT2D eigenvalue weighted by atomic mass is 35.5. The Morgan fingerprint density at radius 2 is 1.00 bits per heavy atom. The Morgan fingerprint density at radius 3 is 1.41 bits per heavy atom. The molecule has 2 amide bonds. The molecular weight excluding hydrogens is 594 g/mol. The van der Waals surface area contributed by atoms with Crippen LogP contribution in [0.2, 0.25) is 5.02 Å². The molecule has 5 aromatic rings. The molecule has 0 spiro atoms. The van der Waals surface area contributed by atoms with Gasteiger partial charge in [0.1, 0.15) is 5.75 Å². The summed E-state index contributed by atoms with van der Waals surface area (Å²) in [5, 5.41) is 0.358. The van der Waals surface area contributed by atoms with Gasteiger partial charge in [-0.1, -0.05) is 133 Å². The second kappa shape index (κ2) is 10.4. The lowest BCUT2D eigenvalue weighted by Crippen LogP contribution is -2.45. The molecule has 2 aliphatic carbocycles. The largest absolute Gasteiger partial charge is 0.495 e. The molecule has 1 aliphatic heterocycles. The van der Waals surface area contributed by atoms with Gasteiger partial charge < -0.3 is 4.74 Å². The third-order valence-electron chi connectivity index (χ3n) is 9.96. The summed E-state index contributed by atoms with van der Waals surface area (Å²) in [5.41, 5.74) is 1.84. The van der Waals surface area contributed by atoms with Crippen molar-refractivity contribution in [3.8, 4) is 5.75 Å². The molecule has 8 rings (SSSR count). The van der Waals surface area contributed by atoms with Crippen LogP contribution in [0.3, 0.4) is 0 Å².